The third kappa shape index (κ3) is 4.94. The standard InChI is InChI=1S/C12H16N2O4.ClH/c1-13(2)7-10(8-15)12(16)9-3-5-11(6-4-9)14(17)18;/h3-6,10,15H,7-8H2,1-2H3;1H. The highest BCUT2D eigenvalue weighted by atomic mass is 35.5. The Morgan fingerprint density at radius 1 is 1.37 bits per heavy atom. The first-order valence-corrected chi connectivity index (χ1v) is 5.50. The number of halogens is 1. The molecule has 1 aromatic rings. The maximum Gasteiger partial charge on any atom is 0.269 e. The molecule has 0 saturated carbocycles. The molecule has 1 atom stereocenters. The SMILES string of the molecule is CN(C)CC(CO)C(=O)c1ccc([N+](=O)[O-])cc1.Cl. The lowest BCUT2D eigenvalue weighted by Crippen LogP contribution is -2.30. The van der Waals surface area contributed by atoms with Crippen LogP contribution in [0.15, 0.2) is 24.3 Å². The second-order valence-electron chi connectivity index (χ2n) is 4.31. The zero-order valence-corrected chi connectivity index (χ0v) is 11.6. The number of nitrogens with zero attached hydrogens (tertiary/aromatic N) is 2. The number of rotatable bonds is 6. The maximum atomic E-state index is 12.0. The van der Waals surface area contributed by atoms with Crippen LogP contribution in [0.5, 0.6) is 0 Å². The van der Waals surface area contributed by atoms with Gasteiger partial charge in [0.15, 0.2) is 5.78 Å². The van der Waals surface area contributed by atoms with E-state index < -0.39 is 10.8 Å². The number of hydrogen-bond donors (Lipinski definition) is 1. The normalized spacial score (nSPS) is 11.8. The molecule has 19 heavy (non-hydrogen) atoms. The van der Waals surface area contributed by atoms with Crippen LogP contribution >= 0.6 is 12.4 Å². The fourth-order valence-corrected chi connectivity index (χ4v) is 1.65. The predicted octanol–water partition coefficient (Wildman–Crippen LogP) is 1.37. The number of non-ortho nitro benzene ring substituents is 1. The molecule has 0 spiro atoms. The van der Waals surface area contributed by atoms with Gasteiger partial charge in [-0.1, -0.05) is 0 Å². The Balaban J connectivity index is 0.00000324. The van der Waals surface area contributed by atoms with Gasteiger partial charge in [-0.3, -0.25) is 14.9 Å². The van der Waals surface area contributed by atoms with Crippen LogP contribution in [0.4, 0.5) is 5.69 Å². The molecule has 1 aromatic carbocycles. The van der Waals surface area contributed by atoms with Crippen LogP contribution in [-0.4, -0.2) is 48.0 Å². The zero-order chi connectivity index (χ0) is 13.7. The second kappa shape index (κ2) is 7.83. The monoisotopic (exact) mass is 288 g/mol. The summed E-state index contributed by atoms with van der Waals surface area (Å²) in [4.78, 5) is 23.8. The fraction of sp³-hybridized carbons (Fsp3) is 0.417. The summed E-state index contributed by atoms with van der Waals surface area (Å²) in [5.74, 6) is -0.720. The molecule has 0 aromatic heterocycles. The van der Waals surface area contributed by atoms with Crippen molar-refractivity contribution in [2.24, 2.45) is 5.92 Å². The molecule has 0 heterocycles. The largest absolute Gasteiger partial charge is 0.396 e. The van der Waals surface area contributed by atoms with E-state index >= 15 is 0 Å². The maximum absolute atomic E-state index is 12.0. The highest BCUT2D eigenvalue weighted by Crippen LogP contribution is 2.15. The van der Waals surface area contributed by atoms with Crippen molar-refractivity contribution in [1.82, 2.24) is 4.90 Å². The Bertz CT molecular complexity index is 434. The number of carbonyl (C=O) groups is 1. The van der Waals surface area contributed by atoms with Crippen molar-refractivity contribution in [3.05, 3.63) is 39.9 Å². The molecule has 0 fully saturated rings. The van der Waals surface area contributed by atoms with Crippen LogP contribution in [0, 0.1) is 16.0 Å². The molecule has 106 valence electrons. The summed E-state index contributed by atoms with van der Waals surface area (Å²) in [6, 6.07) is 5.41. The molecule has 0 aliphatic carbocycles. The molecule has 1 N–H and O–H groups in total. The van der Waals surface area contributed by atoms with E-state index in [9.17, 15) is 20.0 Å². The molecule has 6 nitrogen and oxygen atoms in total. The average molecular weight is 289 g/mol. The second-order valence-corrected chi connectivity index (χ2v) is 4.31. The zero-order valence-electron chi connectivity index (χ0n) is 10.8. The van der Waals surface area contributed by atoms with Gasteiger partial charge in [-0.05, 0) is 26.2 Å². The number of ketones is 1. The summed E-state index contributed by atoms with van der Waals surface area (Å²) < 4.78 is 0. The summed E-state index contributed by atoms with van der Waals surface area (Å²) in [6.45, 7) is 0.195. The van der Waals surface area contributed by atoms with Gasteiger partial charge in [-0.15, -0.1) is 12.4 Å². The molecule has 0 aliphatic heterocycles. The third-order valence-electron chi connectivity index (χ3n) is 2.54. The molecular weight excluding hydrogens is 272 g/mol. The average Bonchev–Trinajstić information content (AvgIpc) is 2.35. The van der Waals surface area contributed by atoms with E-state index in [1.165, 1.54) is 24.3 Å². The first-order chi connectivity index (χ1) is 8.45. The van der Waals surface area contributed by atoms with Crippen molar-refractivity contribution in [3.63, 3.8) is 0 Å². The van der Waals surface area contributed by atoms with Crippen LogP contribution in [0.3, 0.4) is 0 Å². The van der Waals surface area contributed by atoms with Crippen LogP contribution in [0.2, 0.25) is 0 Å². The van der Waals surface area contributed by atoms with E-state index in [0.29, 0.717) is 12.1 Å². The summed E-state index contributed by atoms with van der Waals surface area (Å²) in [5, 5.41) is 19.7. The van der Waals surface area contributed by atoms with E-state index in [1.807, 2.05) is 19.0 Å². The molecule has 7 heteroatoms. The first kappa shape index (κ1) is 17.5. The van der Waals surface area contributed by atoms with Crippen LogP contribution in [0.25, 0.3) is 0 Å². The molecule has 0 bridgehead atoms. The Kier molecular flexibility index (Phi) is 7.21. The highest BCUT2D eigenvalue weighted by Gasteiger charge is 2.20. The minimum atomic E-state index is -0.516. The summed E-state index contributed by atoms with van der Waals surface area (Å²) >= 11 is 0. The minimum absolute atomic E-state index is 0. The number of aliphatic hydroxyl groups is 1. The topological polar surface area (TPSA) is 83.7 Å². The lowest BCUT2D eigenvalue weighted by atomic mass is 9.98. The Hall–Kier alpha value is -1.50. The Morgan fingerprint density at radius 2 is 1.89 bits per heavy atom. The molecule has 0 saturated heterocycles. The van der Waals surface area contributed by atoms with Crippen molar-refractivity contribution >= 4 is 23.9 Å². The van der Waals surface area contributed by atoms with Gasteiger partial charge in [0, 0.05) is 24.2 Å². The van der Waals surface area contributed by atoms with Gasteiger partial charge in [0.1, 0.15) is 0 Å². The highest BCUT2D eigenvalue weighted by molar-refractivity contribution is 5.98. The Morgan fingerprint density at radius 3 is 2.26 bits per heavy atom. The number of nitro groups is 1. The van der Waals surface area contributed by atoms with Crippen LogP contribution in [-0.2, 0) is 0 Å². The smallest absolute Gasteiger partial charge is 0.269 e. The van der Waals surface area contributed by atoms with Crippen molar-refractivity contribution in [1.29, 1.82) is 0 Å². The van der Waals surface area contributed by atoms with Gasteiger partial charge in [0.25, 0.3) is 5.69 Å². The molecule has 1 rings (SSSR count). The van der Waals surface area contributed by atoms with E-state index in [1.54, 1.807) is 0 Å². The van der Waals surface area contributed by atoms with Crippen LogP contribution in [0.1, 0.15) is 10.4 Å². The molecule has 0 aliphatic rings. The first-order valence-electron chi connectivity index (χ1n) is 5.50. The lowest BCUT2D eigenvalue weighted by molar-refractivity contribution is -0.384. The predicted molar refractivity (Wildman–Crippen MR) is 73.8 cm³/mol. The number of Topliss-reactive ketones (excluding diaryl/α,β-unsaturated/α-hetero) is 1. The number of carbonyl (C=O) groups excluding carboxylic acids is 1. The van der Waals surface area contributed by atoms with Gasteiger partial charge in [-0.2, -0.15) is 0 Å². The van der Waals surface area contributed by atoms with Gasteiger partial charge < -0.3 is 10.0 Å². The number of benzene rings is 1. The summed E-state index contributed by atoms with van der Waals surface area (Å²) in [6.07, 6.45) is 0. The van der Waals surface area contributed by atoms with E-state index in [4.69, 9.17) is 0 Å². The number of nitro benzene ring substituents is 1. The minimum Gasteiger partial charge on any atom is -0.396 e. The van der Waals surface area contributed by atoms with Gasteiger partial charge >= 0.3 is 0 Å². The van der Waals surface area contributed by atoms with Crippen LogP contribution < -0.4 is 0 Å². The molecule has 1 unspecified atom stereocenters. The van der Waals surface area contributed by atoms with Gasteiger partial charge in [0.2, 0.25) is 0 Å². The molecular formula is C12H17ClN2O4. The van der Waals surface area contributed by atoms with Crippen molar-refractivity contribution in [3.8, 4) is 0 Å². The summed E-state index contributed by atoms with van der Waals surface area (Å²) in [7, 11) is 3.62. The fourth-order valence-electron chi connectivity index (χ4n) is 1.65. The third-order valence-corrected chi connectivity index (χ3v) is 2.54. The number of hydrogen-bond acceptors (Lipinski definition) is 5. The van der Waals surface area contributed by atoms with Crippen molar-refractivity contribution < 1.29 is 14.8 Å². The lowest BCUT2D eigenvalue weighted by Gasteiger charge is -2.17. The van der Waals surface area contributed by atoms with E-state index in [0.717, 1.165) is 0 Å². The Labute approximate surface area is 117 Å². The van der Waals surface area contributed by atoms with E-state index in [-0.39, 0.29) is 30.5 Å². The van der Waals surface area contributed by atoms with Gasteiger partial charge in [0.05, 0.1) is 17.4 Å². The van der Waals surface area contributed by atoms with E-state index in [2.05, 4.69) is 0 Å². The van der Waals surface area contributed by atoms with Gasteiger partial charge in [-0.25, -0.2) is 0 Å². The molecule has 0 radical (unpaired) electrons. The number of aliphatic hydroxyl groups excluding tert-OH is 1. The summed E-state index contributed by atoms with van der Waals surface area (Å²) in [5.41, 5.74) is 0.321. The van der Waals surface area contributed by atoms with Crippen molar-refractivity contribution in [2.75, 3.05) is 27.2 Å². The van der Waals surface area contributed by atoms with Crippen molar-refractivity contribution in [2.45, 2.75) is 0 Å². The quantitative estimate of drug-likeness (QED) is 0.485. The molecule has 0 amide bonds.